The molecule has 0 aliphatic rings. The summed E-state index contributed by atoms with van der Waals surface area (Å²) in [4.78, 5) is 10.8. The quantitative estimate of drug-likeness (QED) is 0.686. The van der Waals surface area contributed by atoms with Gasteiger partial charge >= 0.3 is 0 Å². The molecule has 0 aliphatic heterocycles. The summed E-state index contributed by atoms with van der Waals surface area (Å²) in [5, 5.41) is 16.0. The number of primary sulfonamides is 1. The topological polar surface area (TPSA) is 103 Å². The molecule has 0 heterocycles. The maximum absolute atomic E-state index is 12.8. The van der Waals surface area contributed by atoms with Crippen molar-refractivity contribution < 1.29 is 17.7 Å². The number of nitro groups is 1. The molecule has 0 amide bonds. The summed E-state index contributed by atoms with van der Waals surface area (Å²) in [6, 6.07) is 8.79. The first kappa shape index (κ1) is 15.4. The molecule has 2 rings (SSSR count). The summed E-state index contributed by atoms with van der Waals surface area (Å²) in [5.74, 6) is -0.418. The van der Waals surface area contributed by atoms with Crippen LogP contribution in [0.3, 0.4) is 0 Å². The van der Waals surface area contributed by atoms with Crippen LogP contribution in [0.5, 0.6) is 0 Å². The molecule has 2 aromatic rings. The molecular weight excluding hydrogens is 319 g/mol. The molecule has 0 fully saturated rings. The van der Waals surface area contributed by atoms with Crippen LogP contribution in [0.15, 0.2) is 57.2 Å². The first-order valence-corrected chi connectivity index (χ1v) is 7.88. The van der Waals surface area contributed by atoms with Gasteiger partial charge in [-0.25, -0.2) is 17.9 Å². The van der Waals surface area contributed by atoms with Gasteiger partial charge in [-0.1, -0.05) is 11.8 Å². The molecule has 9 heteroatoms. The zero-order valence-corrected chi connectivity index (χ0v) is 12.0. The largest absolute Gasteiger partial charge is 0.284 e. The molecule has 0 saturated heterocycles. The summed E-state index contributed by atoms with van der Waals surface area (Å²) >= 11 is 1.03. The molecule has 0 spiro atoms. The molecule has 0 unspecified atom stereocenters. The van der Waals surface area contributed by atoms with E-state index in [0.29, 0.717) is 4.90 Å². The molecule has 0 saturated carbocycles. The van der Waals surface area contributed by atoms with E-state index in [1.807, 2.05) is 0 Å². The Kier molecular flexibility index (Phi) is 4.26. The predicted octanol–water partition coefficient (Wildman–Crippen LogP) is 2.53. The van der Waals surface area contributed by atoms with Crippen molar-refractivity contribution in [3.63, 3.8) is 0 Å². The Morgan fingerprint density at radius 1 is 1.14 bits per heavy atom. The van der Waals surface area contributed by atoms with E-state index in [9.17, 15) is 22.9 Å². The number of rotatable bonds is 4. The molecule has 0 bridgehead atoms. The molecule has 2 N–H and O–H groups in total. The molecular formula is C12H9FN2O4S2. The van der Waals surface area contributed by atoms with Gasteiger partial charge in [-0.15, -0.1) is 0 Å². The van der Waals surface area contributed by atoms with E-state index in [-0.39, 0.29) is 15.5 Å². The van der Waals surface area contributed by atoms with Crippen LogP contribution in [0.4, 0.5) is 10.1 Å². The third-order valence-electron chi connectivity index (χ3n) is 2.50. The van der Waals surface area contributed by atoms with Gasteiger partial charge in [-0.2, -0.15) is 0 Å². The standard InChI is InChI=1S/C12H9FN2O4S2/c13-8-1-3-9(4-2-8)20-12-6-5-10(21(14,18)19)7-11(12)15(16)17/h1-7H,(H2,14,18,19). The lowest BCUT2D eigenvalue weighted by atomic mass is 10.3. The van der Waals surface area contributed by atoms with Crippen molar-refractivity contribution in [3.05, 3.63) is 58.4 Å². The second-order valence-electron chi connectivity index (χ2n) is 3.99. The highest BCUT2D eigenvalue weighted by atomic mass is 32.2. The van der Waals surface area contributed by atoms with Crippen molar-refractivity contribution in [2.75, 3.05) is 0 Å². The van der Waals surface area contributed by atoms with Crippen LogP contribution in [0.1, 0.15) is 0 Å². The van der Waals surface area contributed by atoms with Gasteiger partial charge in [0.25, 0.3) is 5.69 Å². The Hall–Kier alpha value is -1.97. The van der Waals surface area contributed by atoms with Crippen LogP contribution in [0.25, 0.3) is 0 Å². The van der Waals surface area contributed by atoms with Crippen molar-refractivity contribution in [1.29, 1.82) is 0 Å². The zero-order chi connectivity index (χ0) is 15.6. The molecule has 0 aliphatic carbocycles. The van der Waals surface area contributed by atoms with Crippen LogP contribution in [0, 0.1) is 15.9 Å². The Labute approximate surface area is 124 Å². The summed E-state index contributed by atoms with van der Waals surface area (Å²) in [6.07, 6.45) is 0. The van der Waals surface area contributed by atoms with Crippen molar-refractivity contribution in [2.45, 2.75) is 14.7 Å². The van der Waals surface area contributed by atoms with E-state index in [2.05, 4.69) is 0 Å². The van der Waals surface area contributed by atoms with Crippen molar-refractivity contribution in [2.24, 2.45) is 5.14 Å². The lowest BCUT2D eigenvalue weighted by molar-refractivity contribution is -0.388. The summed E-state index contributed by atoms with van der Waals surface area (Å²) in [7, 11) is -4.02. The van der Waals surface area contributed by atoms with Crippen LogP contribution in [0.2, 0.25) is 0 Å². The highest BCUT2D eigenvalue weighted by molar-refractivity contribution is 7.99. The second-order valence-corrected chi connectivity index (χ2v) is 6.66. The van der Waals surface area contributed by atoms with E-state index in [0.717, 1.165) is 17.8 Å². The van der Waals surface area contributed by atoms with Gasteiger partial charge in [0, 0.05) is 11.0 Å². The average Bonchev–Trinajstić information content (AvgIpc) is 2.40. The van der Waals surface area contributed by atoms with E-state index in [1.165, 1.54) is 36.4 Å². The van der Waals surface area contributed by atoms with Crippen molar-refractivity contribution >= 4 is 27.5 Å². The van der Waals surface area contributed by atoms with Crippen LogP contribution >= 0.6 is 11.8 Å². The zero-order valence-electron chi connectivity index (χ0n) is 10.4. The fourth-order valence-corrected chi connectivity index (χ4v) is 2.97. The van der Waals surface area contributed by atoms with E-state index in [1.54, 1.807) is 0 Å². The average molecular weight is 328 g/mol. The minimum Gasteiger partial charge on any atom is -0.258 e. The van der Waals surface area contributed by atoms with Gasteiger partial charge in [0.15, 0.2) is 0 Å². The Bertz CT molecular complexity index is 791. The van der Waals surface area contributed by atoms with Gasteiger partial charge in [-0.05, 0) is 36.4 Å². The first-order chi connectivity index (χ1) is 9.77. The molecule has 2 aromatic carbocycles. The molecule has 110 valence electrons. The SMILES string of the molecule is NS(=O)(=O)c1ccc(Sc2ccc(F)cc2)c([N+](=O)[O-])c1. The predicted molar refractivity (Wildman–Crippen MR) is 75.0 cm³/mol. The van der Waals surface area contributed by atoms with E-state index in [4.69, 9.17) is 5.14 Å². The molecule has 6 nitrogen and oxygen atoms in total. The van der Waals surface area contributed by atoms with Crippen molar-refractivity contribution in [1.82, 2.24) is 0 Å². The minimum absolute atomic E-state index is 0.235. The monoisotopic (exact) mass is 328 g/mol. The normalized spacial score (nSPS) is 11.3. The Morgan fingerprint density at radius 3 is 2.29 bits per heavy atom. The van der Waals surface area contributed by atoms with Crippen LogP contribution < -0.4 is 5.14 Å². The van der Waals surface area contributed by atoms with E-state index >= 15 is 0 Å². The third kappa shape index (κ3) is 3.78. The number of nitrogens with two attached hydrogens (primary N) is 1. The fourth-order valence-electron chi connectivity index (χ4n) is 1.53. The molecule has 21 heavy (non-hydrogen) atoms. The van der Waals surface area contributed by atoms with Gasteiger partial charge in [0.05, 0.1) is 14.7 Å². The second kappa shape index (κ2) is 5.80. The Morgan fingerprint density at radius 2 is 1.76 bits per heavy atom. The number of hydrogen-bond acceptors (Lipinski definition) is 5. The lowest BCUT2D eigenvalue weighted by Crippen LogP contribution is -2.12. The molecule has 0 radical (unpaired) electrons. The number of nitro benzene ring substituents is 1. The van der Waals surface area contributed by atoms with Gasteiger partial charge in [0.1, 0.15) is 5.82 Å². The van der Waals surface area contributed by atoms with Gasteiger partial charge in [-0.3, -0.25) is 10.1 Å². The third-order valence-corrected chi connectivity index (χ3v) is 4.48. The van der Waals surface area contributed by atoms with Crippen molar-refractivity contribution in [3.8, 4) is 0 Å². The summed E-state index contributed by atoms with van der Waals surface area (Å²) in [6.45, 7) is 0. The molecule has 0 atom stereocenters. The highest BCUT2D eigenvalue weighted by Crippen LogP contribution is 2.35. The van der Waals surface area contributed by atoms with Gasteiger partial charge in [0.2, 0.25) is 10.0 Å². The number of nitrogens with zero attached hydrogens (tertiary/aromatic N) is 1. The number of benzene rings is 2. The minimum atomic E-state index is -4.02. The number of hydrogen-bond donors (Lipinski definition) is 1. The van der Waals surface area contributed by atoms with Crippen LogP contribution in [-0.2, 0) is 10.0 Å². The maximum atomic E-state index is 12.8. The summed E-state index contributed by atoms with van der Waals surface area (Å²) in [5.41, 5.74) is -0.379. The summed E-state index contributed by atoms with van der Waals surface area (Å²) < 4.78 is 35.3. The fraction of sp³-hybridized carbons (Fsp3) is 0. The Balaban J connectivity index is 2.44. The number of sulfonamides is 1. The van der Waals surface area contributed by atoms with Crippen LogP contribution in [-0.4, -0.2) is 13.3 Å². The maximum Gasteiger partial charge on any atom is 0.284 e. The smallest absolute Gasteiger partial charge is 0.258 e. The number of halogens is 1. The lowest BCUT2D eigenvalue weighted by Gasteiger charge is -2.05. The molecule has 0 aromatic heterocycles. The first-order valence-electron chi connectivity index (χ1n) is 5.52. The highest BCUT2D eigenvalue weighted by Gasteiger charge is 2.19. The van der Waals surface area contributed by atoms with E-state index < -0.39 is 20.8 Å². The van der Waals surface area contributed by atoms with Gasteiger partial charge < -0.3 is 0 Å².